The van der Waals surface area contributed by atoms with Crippen molar-refractivity contribution in [1.29, 1.82) is 0 Å². The van der Waals surface area contributed by atoms with Crippen molar-refractivity contribution in [3.8, 4) is 11.6 Å². The van der Waals surface area contributed by atoms with Crippen LogP contribution in [0.3, 0.4) is 0 Å². The van der Waals surface area contributed by atoms with Gasteiger partial charge in [0.1, 0.15) is 18.0 Å². The van der Waals surface area contributed by atoms with E-state index in [1.165, 1.54) is 12.4 Å². The molecule has 0 unspecified atom stereocenters. The van der Waals surface area contributed by atoms with Crippen LogP contribution in [-0.2, 0) is 0 Å². The number of benzene rings is 1. The van der Waals surface area contributed by atoms with Crippen molar-refractivity contribution in [2.24, 2.45) is 0 Å². The van der Waals surface area contributed by atoms with E-state index < -0.39 is 11.6 Å². The highest BCUT2D eigenvalue weighted by atomic mass is 19.1. The van der Waals surface area contributed by atoms with E-state index in [-0.39, 0.29) is 11.6 Å². The first kappa shape index (κ1) is 12.2. The van der Waals surface area contributed by atoms with E-state index in [2.05, 4.69) is 15.3 Å². The predicted molar refractivity (Wildman–Crippen MR) is 62.6 cm³/mol. The third kappa shape index (κ3) is 2.91. The Hall–Kier alpha value is -2.24. The van der Waals surface area contributed by atoms with Crippen molar-refractivity contribution < 1.29 is 13.5 Å². The number of anilines is 1. The molecule has 0 aliphatic rings. The van der Waals surface area contributed by atoms with E-state index in [9.17, 15) is 8.78 Å². The number of nitrogens with one attached hydrogen (secondary N) is 1. The van der Waals surface area contributed by atoms with Crippen LogP contribution in [-0.4, -0.2) is 16.5 Å². The molecule has 0 saturated heterocycles. The molecule has 18 heavy (non-hydrogen) atoms. The Morgan fingerprint density at radius 3 is 2.83 bits per heavy atom. The highest BCUT2D eigenvalue weighted by molar-refractivity contribution is 5.38. The molecule has 1 N–H and O–H groups in total. The van der Waals surface area contributed by atoms with Gasteiger partial charge in [0.2, 0.25) is 5.88 Å². The maximum Gasteiger partial charge on any atom is 0.224 e. The first-order chi connectivity index (χ1) is 8.69. The van der Waals surface area contributed by atoms with Crippen molar-refractivity contribution in [2.45, 2.75) is 6.92 Å². The van der Waals surface area contributed by atoms with Crippen LogP contribution in [0.2, 0.25) is 0 Å². The third-order valence-electron chi connectivity index (χ3n) is 2.11. The van der Waals surface area contributed by atoms with Gasteiger partial charge in [0.25, 0.3) is 0 Å². The first-order valence-electron chi connectivity index (χ1n) is 5.38. The molecule has 94 valence electrons. The number of hydrogen-bond acceptors (Lipinski definition) is 4. The summed E-state index contributed by atoms with van der Waals surface area (Å²) in [5.41, 5.74) is 0. The maximum absolute atomic E-state index is 13.4. The Labute approximate surface area is 103 Å². The summed E-state index contributed by atoms with van der Waals surface area (Å²) in [6.07, 6.45) is 1.28. The van der Waals surface area contributed by atoms with E-state index in [0.29, 0.717) is 12.4 Å². The molecule has 2 rings (SSSR count). The highest BCUT2D eigenvalue weighted by Gasteiger charge is 2.07. The van der Waals surface area contributed by atoms with E-state index in [4.69, 9.17) is 4.74 Å². The SMILES string of the molecule is CCNc1cc(Oc2cc(F)ccc2F)ncn1. The molecule has 6 heteroatoms. The molecule has 0 amide bonds. The minimum atomic E-state index is -0.653. The average molecular weight is 251 g/mol. The van der Waals surface area contributed by atoms with E-state index in [1.54, 1.807) is 0 Å². The lowest BCUT2D eigenvalue weighted by molar-refractivity contribution is 0.422. The van der Waals surface area contributed by atoms with Gasteiger partial charge in [-0.05, 0) is 19.1 Å². The number of hydrogen-bond donors (Lipinski definition) is 1. The van der Waals surface area contributed by atoms with Gasteiger partial charge in [-0.3, -0.25) is 0 Å². The van der Waals surface area contributed by atoms with Crippen LogP contribution in [0.1, 0.15) is 6.92 Å². The zero-order valence-electron chi connectivity index (χ0n) is 9.65. The molecule has 1 heterocycles. The monoisotopic (exact) mass is 251 g/mol. The van der Waals surface area contributed by atoms with Crippen molar-refractivity contribution in [3.05, 3.63) is 42.2 Å². The predicted octanol–water partition coefficient (Wildman–Crippen LogP) is 2.98. The largest absolute Gasteiger partial charge is 0.436 e. The normalized spacial score (nSPS) is 10.2. The molecule has 0 radical (unpaired) electrons. The summed E-state index contributed by atoms with van der Waals surface area (Å²) >= 11 is 0. The van der Waals surface area contributed by atoms with Gasteiger partial charge in [-0.1, -0.05) is 0 Å². The van der Waals surface area contributed by atoms with Gasteiger partial charge in [-0.2, -0.15) is 0 Å². The Bertz CT molecular complexity index is 549. The summed E-state index contributed by atoms with van der Waals surface area (Å²) < 4.78 is 31.5. The number of aromatic nitrogens is 2. The number of rotatable bonds is 4. The van der Waals surface area contributed by atoms with Crippen molar-refractivity contribution >= 4 is 5.82 Å². The zero-order chi connectivity index (χ0) is 13.0. The van der Waals surface area contributed by atoms with Gasteiger partial charge in [-0.25, -0.2) is 18.7 Å². The summed E-state index contributed by atoms with van der Waals surface area (Å²) in [5, 5.41) is 2.96. The second kappa shape index (κ2) is 5.39. The maximum atomic E-state index is 13.4. The fourth-order valence-corrected chi connectivity index (χ4v) is 1.34. The fourth-order valence-electron chi connectivity index (χ4n) is 1.34. The standard InChI is InChI=1S/C12H11F2N3O/c1-2-15-11-6-12(17-7-16-11)18-10-5-8(13)3-4-9(10)14/h3-7H,2H2,1H3,(H,15,16,17). The van der Waals surface area contributed by atoms with Gasteiger partial charge in [0, 0.05) is 18.7 Å². The fraction of sp³-hybridized carbons (Fsp3) is 0.167. The first-order valence-corrected chi connectivity index (χ1v) is 5.38. The van der Waals surface area contributed by atoms with E-state index in [0.717, 1.165) is 18.2 Å². The van der Waals surface area contributed by atoms with Crippen molar-refractivity contribution in [2.75, 3.05) is 11.9 Å². The number of halogens is 2. The molecule has 1 aromatic heterocycles. The lowest BCUT2D eigenvalue weighted by Crippen LogP contribution is -2.00. The van der Waals surface area contributed by atoms with Gasteiger partial charge in [-0.15, -0.1) is 0 Å². The van der Waals surface area contributed by atoms with Crippen LogP contribution in [0.4, 0.5) is 14.6 Å². The molecule has 0 spiro atoms. The van der Waals surface area contributed by atoms with Crippen LogP contribution >= 0.6 is 0 Å². The van der Waals surface area contributed by atoms with E-state index in [1.807, 2.05) is 6.92 Å². The summed E-state index contributed by atoms with van der Waals surface area (Å²) in [7, 11) is 0. The van der Waals surface area contributed by atoms with Crippen LogP contribution in [0.25, 0.3) is 0 Å². The number of nitrogens with zero attached hydrogens (tertiary/aromatic N) is 2. The minimum absolute atomic E-state index is 0.144. The zero-order valence-corrected chi connectivity index (χ0v) is 9.65. The second-order valence-corrected chi connectivity index (χ2v) is 3.45. The van der Waals surface area contributed by atoms with Crippen molar-refractivity contribution in [1.82, 2.24) is 9.97 Å². The summed E-state index contributed by atoms with van der Waals surface area (Å²) in [5.74, 6) is -0.742. The van der Waals surface area contributed by atoms with Gasteiger partial charge in [0.15, 0.2) is 11.6 Å². The number of ether oxygens (including phenoxy) is 1. The molecular formula is C12H11F2N3O. The van der Waals surface area contributed by atoms with Gasteiger partial charge < -0.3 is 10.1 Å². The molecule has 0 fully saturated rings. The summed E-state index contributed by atoms with van der Waals surface area (Å²) in [6.45, 7) is 2.60. The Kier molecular flexibility index (Phi) is 3.66. The smallest absolute Gasteiger partial charge is 0.224 e. The molecule has 0 aliphatic heterocycles. The second-order valence-electron chi connectivity index (χ2n) is 3.45. The molecule has 0 aliphatic carbocycles. The van der Waals surface area contributed by atoms with Gasteiger partial charge in [0.05, 0.1) is 0 Å². The summed E-state index contributed by atoms with van der Waals surface area (Å²) in [6, 6.07) is 4.49. The lowest BCUT2D eigenvalue weighted by atomic mass is 10.3. The van der Waals surface area contributed by atoms with E-state index >= 15 is 0 Å². The lowest BCUT2D eigenvalue weighted by Gasteiger charge is -2.07. The molecule has 4 nitrogen and oxygen atoms in total. The molecule has 0 saturated carbocycles. The molecule has 0 bridgehead atoms. The van der Waals surface area contributed by atoms with Crippen LogP contribution < -0.4 is 10.1 Å². The van der Waals surface area contributed by atoms with Crippen LogP contribution in [0.5, 0.6) is 11.6 Å². The Morgan fingerprint density at radius 1 is 1.22 bits per heavy atom. The Balaban J connectivity index is 2.22. The minimum Gasteiger partial charge on any atom is -0.436 e. The highest BCUT2D eigenvalue weighted by Crippen LogP contribution is 2.24. The summed E-state index contributed by atoms with van der Waals surface area (Å²) in [4.78, 5) is 7.77. The Morgan fingerprint density at radius 2 is 2.06 bits per heavy atom. The molecular weight excluding hydrogens is 240 g/mol. The van der Waals surface area contributed by atoms with Crippen LogP contribution in [0, 0.1) is 11.6 Å². The molecule has 0 atom stereocenters. The third-order valence-corrected chi connectivity index (χ3v) is 2.11. The van der Waals surface area contributed by atoms with Crippen LogP contribution in [0.15, 0.2) is 30.6 Å². The van der Waals surface area contributed by atoms with Crippen molar-refractivity contribution in [3.63, 3.8) is 0 Å². The molecule has 1 aromatic carbocycles. The average Bonchev–Trinajstić information content (AvgIpc) is 2.35. The van der Waals surface area contributed by atoms with Gasteiger partial charge >= 0.3 is 0 Å². The topological polar surface area (TPSA) is 47.0 Å². The molecule has 2 aromatic rings. The quantitative estimate of drug-likeness (QED) is 0.907.